The van der Waals surface area contributed by atoms with E-state index in [4.69, 9.17) is 4.98 Å². The smallest absolute Gasteiger partial charge is 0.272 e. The molecule has 1 amide bonds. The molecule has 1 fully saturated rings. The quantitative estimate of drug-likeness (QED) is 0.662. The van der Waals surface area contributed by atoms with E-state index in [1.165, 1.54) is 17.5 Å². The normalized spacial score (nSPS) is 17.0. The number of piperidine rings is 1. The first-order valence-electron chi connectivity index (χ1n) is 10.0. The summed E-state index contributed by atoms with van der Waals surface area (Å²) in [6.07, 6.45) is 2.25. The Hall–Kier alpha value is -2.88. The van der Waals surface area contributed by atoms with Gasteiger partial charge in [-0.1, -0.05) is 30.7 Å². The fraction of sp³-hybridized carbons (Fsp3) is 0.333. The molecule has 1 aliphatic rings. The Bertz CT molecular complexity index is 1030. The number of aryl methyl sites for hydroxylation is 2. The third kappa shape index (κ3) is 3.86. The van der Waals surface area contributed by atoms with E-state index in [1.807, 2.05) is 35.2 Å². The summed E-state index contributed by atoms with van der Waals surface area (Å²) in [4.78, 5) is 19.8. The first-order valence-corrected chi connectivity index (χ1v) is 10.0. The molecule has 4 rings (SSSR count). The summed E-state index contributed by atoms with van der Waals surface area (Å²) >= 11 is 0. The number of carbonyl (C=O) groups excluding carboxylic acids is 1. The van der Waals surface area contributed by atoms with Crippen LogP contribution in [0.1, 0.15) is 41.4 Å². The van der Waals surface area contributed by atoms with Crippen LogP contribution >= 0.6 is 0 Å². The molecule has 0 saturated carbocycles. The summed E-state index contributed by atoms with van der Waals surface area (Å²) in [7, 11) is 0. The van der Waals surface area contributed by atoms with Crippen molar-refractivity contribution in [3.05, 3.63) is 65.4 Å². The Morgan fingerprint density at radius 2 is 1.93 bits per heavy atom. The van der Waals surface area contributed by atoms with Gasteiger partial charge in [0.25, 0.3) is 5.91 Å². The molecular formula is C24H27N3O. The molecule has 1 atom stereocenters. The van der Waals surface area contributed by atoms with Crippen molar-refractivity contribution in [3.63, 3.8) is 0 Å². The number of carbonyl (C=O) groups is 1. The van der Waals surface area contributed by atoms with Gasteiger partial charge in [-0.25, -0.2) is 4.98 Å². The molecule has 0 aliphatic carbocycles. The fourth-order valence-electron chi connectivity index (χ4n) is 3.97. The lowest BCUT2D eigenvalue weighted by molar-refractivity contribution is 0.0677. The maximum absolute atomic E-state index is 13.2. The van der Waals surface area contributed by atoms with E-state index in [0.717, 1.165) is 41.8 Å². The molecule has 2 aromatic carbocycles. The number of aromatic nitrogens is 1. The molecule has 3 aromatic rings. The van der Waals surface area contributed by atoms with Crippen LogP contribution in [0, 0.1) is 19.8 Å². The molecule has 144 valence electrons. The van der Waals surface area contributed by atoms with Crippen LogP contribution in [0.2, 0.25) is 0 Å². The van der Waals surface area contributed by atoms with Crippen molar-refractivity contribution >= 4 is 28.2 Å². The zero-order valence-corrected chi connectivity index (χ0v) is 16.8. The number of anilines is 2. The lowest BCUT2D eigenvalue weighted by Crippen LogP contribution is -2.39. The third-order valence-electron chi connectivity index (χ3n) is 5.42. The number of benzene rings is 2. The number of nitrogens with zero attached hydrogens (tertiary/aromatic N) is 2. The maximum Gasteiger partial charge on any atom is 0.272 e. The lowest BCUT2D eigenvalue weighted by atomic mass is 10.00. The third-order valence-corrected chi connectivity index (χ3v) is 5.42. The topological polar surface area (TPSA) is 45.2 Å². The molecule has 0 radical (unpaired) electrons. The summed E-state index contributed by atoms with van der Waals surface area (Å²) in [5.74, 6) is 0.576. The van der Waals surface area contributed by atoms with Crippen molar-refractivity contribution in [2.24, 2.45) is 5.92 Å². The summed E-state index contributed by atoms with van der Waals surface area (Å²) < 4.78 is 0. The van der Waals surface area contributed by atoms with Gasteiger partial charge in [0.2, 0.25) is 0 Å². The standard InChI is InChI=1S/C24H27N3O/c1-16-6-4-8-19(12-16)25-22-14-23(24(28)27-11-5-7-18(3)15-27)26-21-10-9-17(2)13-20(21)22/h4,6,8-10,12-14,18H,5,7,11,15H2,1-3H3,(H,25,26)/t18-/m0/s1. The van der Waals surface area contributed by atoms with Crippen LogP contribution in [0.5, 0.6) is 0 Å². The molecule has 4 nitrogen and oxygen atoms in total. The summed E-state index contributed by atoms with van der Waals surface area (Å²) in [5.41, 5.74) is 5.66. The fourth-order valence-corrected chi connectivity index (χ4v) is 3.97. The highest BCUT2D eigenvalue weighted by molar-refractivity contribution is 6.00. The number of amides is 1. The number of hydrogen-bond acceptors (Lipinski definition) is 3. The molecule has 2 heterocycles. The zero-order valence-electron chi connectivity index (χ0n) is 16.8. The van der Waals surface area contributed by atoms with Crippen molar-refractivity contribution in [1.29, 1.82) is 0 Å². The van der Waals surface area contributed by atoms with Gasteiger partial charge in [0.05, 0.1) is 11.2 Å². The van der Waals surface area contributed by atoms with E-state index in [2.05, 4.69) is 44.3 Å². The Balaban J connectivity index is 1.76. The second-order valence-corrected chi connectivity index (χ2v) is 8.07. The molecular weight excluding hydrogens is 346 g/mol. The Morgan fingerprint density at radius 3 is 2.71 bits per heavy atom. The van der Waals surface area contributed by atoms with Gasteiger partial charge in [-0.2, -0.15) is 0 Å². The first-order chi connectivity index (χ1) is 13.5. The average molecular weight is 374 g/mol. The monoisotopic (exact) mass is 373 g/mol. The zero-order chi connectivity index (χ0) is 19.7. The van der Waals surface area contributed by atoms with E-state index in [-0.39, 0.29) is 5.91 Å². The molecule has 28 heavy (non-hydrogen) atoms. The highest BCUT2D eigenvalue weighted by Crippen LogP contribution is 2.29. The summed E-state index contributed by atoms with van der Waals surface area (Å²) in [5, 5.41) is 4.54. The number of nitrogens with one attached hydrogen (secondary N) is 1. The first kappa shape index (κ1) is 18.5. The molecule has 1 aromatic heterocycles. The number of pyridine rings is 1. The Labute approximate surface area is 166 Å². The van der Waals surface area contributed by atoms with E-state index < -0.39 is 0 Å². The van der Waals surface area contributed by atoms with Gasteiger partial charge in [-0.15, -0.1) is 0 Å². The summed E-state index contributed by atoms with van der Waals surface area (Å²) in [6, 6.07) is 16.3. The van der Waals surface area contributed by atoms with Crippen LogP contribution < -0.4 is 5.32 Å². The molecule has 0 bridgehead atoms. The molecule has 1 N–H and O–H groups in total. The molecule has 1 saturated heterocycles. The van der Waals surface area contributed by atoms with E-state index in [9.17, 15) is 4.79 Å². The minimum absolute atomic E-state index is 0.0290. The number of fused-ring (bicyclic) bond motifs is 1. The van der Waals surface area contributed by atoms with E-state index >= 15 is 0 Å². The van der Waals surface area contributed by atoms with Crippen molar-refractivity contribution in [2.75, 3.05) is 18.4 Å². The predicted molar refractivity (Wildman–Crippen MR) is 115 cm³/mol. The minimum Gasteiger partial charge on any atom is -0.355 e. The van der Waals surface area contributed by atoms with Crippen molar-refractivity contribution in [2.45, 2.75) is 33.6 Å². The van der Waals surface area contributed by atoms with Crippen LogP contribution in [-0.4, -0.2) is 28.9 Å². The van der Waals surface area contributed by atoms with Crippen LogP contribution in [-0.2, 0) is 0 Å². The maximum atomic E-state index is 13.2. The lowest BCUT2D eigenvalue weighted by Gasteiger charge is -2.30. The van der Waals surface area contributed by atoms with Gasteiger partial charge in [-0.3, -0.25) is 4.79 Å². The number of hydrogen-bond donors (Lipinski definition) is 1. The van der Waals surface area contributed by atoms with Crippen molar-refractivity contribution < 1.29 is 4.79 Å². The van der Waals surface area contributed by atoms with Crippen LogP contribution in [0.25, 0.3) is 10.9 Å². The van der Waals surface area contributed by atoms with Gasteiger partial charge >= 0.3 is 0 Å². The number of likely N-dealkylation sites (tertiary alicyclic amines) is 1. The van der Waals surface area contributed by atoms with Crippen molar-refractivity contribution in [3.8, 4) is 0 Å². The van der Waals surface area contributed by atoms with Crippen LogP contribution in [0.15, 0.2) is 48.5 Å². The molecule has 0 spiro atoms. The van der Waals surface area contributed by atoms with Gasteiger partial charge in [0, 0.05) is 24.2 Å². The van der Waals surface area contributed by atoms with Gasteiger partial charge in [-0.05, 0) is 68.5 Å². The van der Waals surface area contributed by atoms with Gasteiger partial charge in [0.1, 0.15) is 5.69 Å². The second kappa shape index (κ2) is 7.63. The highest BCUT2D eigenvalue weighted by atomic mass is 16.2. The van der Waals surface area contributed by atoms with E-state index in [0.29, 0.717) is 11.6 Å². The Morgan fingerprint density at radius 1 is 1.11 bits per heavy atom. The van der Waals surface area contributed by atoms with Crippen LogP contribution in [0.4, 0.5) is 11.4 Å². The molecule has 4 heteroatoms. The van der Waals surface area contributed by atoms with Gasteiger partial charge in [0.15, 0.2) is 0 Å². The molecule has 1 aliphatic heterocycles. The Kier molecular flexibility index (Phi) is 5.03. The van der Waals surface area contributed by atoms with Crippen molar-refractivity contribution in [1.82, 2.24) is 9.88 Å². The van der Waals surface area contributed by atoms with Crippen LogP contribution in [0.3, 0.4) is 0 Å². The van der Waals surface area contributed by atoms with E-state index in [1.54, 1.807) is 0 Å². The predicted octanol–water partition coefficient (Wildman–Crippen LogP) is 5.47. The molecule has 0 unspecified atom stereocenters. The average Bonchev–Trinajstić information content (AvgIpc) is 2.67. The second-order valence-electron chi connectivity index (χ2n) is 8.07. The van der Waals surface area contributed by atoms with Gasteiger partial charge < -0.3 is 10.2 Å². The largest absolute Gasteiger partial charge is 0.355 e. The number of rotatable bonds is 3. The minimum atomic E-state index is 0.0290. The summed E-state index contributed by atoms with van der Waals surface area (Å²) in [6.45, 7) is 7.99. The SMILES string of the molecule is Cc1cccc(Nc2cc(C(=O)N3CCC[C@H](C)C3)nc3ccc(C)cc23)c1. The highest BCUT2D eigenvalue weighted by Gasteiger charge is 2.24.